The predicted octanol–water partition coefficient (Wildman–Crippen LogP) is -3.95. The zero-order chi connectivity index (χ0) is 5.70. The van der Waals surface area contributed by atoms with Gasteiger partial charge in [0.25, 0.3) is 0 Å². The van der Waals surface area contributed by atoms with Crippen molar-refractivity contribution < 1.29 is 61.3 Å². The molecule has 0 radical (unpaired) electrons. The van der Waals surface area contributed by atoms with E-state index in [-0.39, 0.29) is 51.4 Å². The van der Waals surface area contributed by atoms with Gasteiger partial charge < -0.3 is 9.90 Å². The number of rotatable bonds is 2. The summed E-state index contributed by atoms with van der Waals surface area (Å²) in [7, 11) is 0. The van der Waals surface area contributed by atoms with Crippen LogP contribution in [-0.4, -0.2) is 12.5 Å². The number of hydrogen-bond acceptors (Lipinski definition) is 3. The van der Waals surface area contributed by atoms with Crippen LogP contribution in [0.15, 0.2) is 5.11 Å². The van der Waals surface area contributed by atoms with Gasteiger partial charge in [0.15, 0.2) is 0 Å². The van der Waals surface area contributed by atoms with Crippen LogP contribution in [0.25, 0.3) is 10.4 Å². The molecule has 5 nitrogen and oxygen atoms in total. The third-order valence-electron chi connectivity index (χ3n) is 0.263. The summed E-state index contributed by atoms with van der Waals surface area (Å²) in [6.45, 7) is -0.587. The number of carboxylic acid groups (broad SMARTS) is 1. The minimum absolute atomic E-state index is 0. The second-order valence-corrected chi connectivity index (χ2v) is 0.761. The second kappa shape index (κ2) is 7.42. The van der Waals surface area contributed by atoms with Gasteiger partial charge in [-0.3, -0.25) is 0 Å². The minimum atomic E-state index is -1.36. The molecule has 0 unspecified atom stereocenters. The summed E-state index contributed by atoms with van der Waals surface area (Å²) in [5.41, 5.74) is 7.48. The number of nitrogens with zero attached hydrogens (tertiary/aromatic N) is 3. The molecule has 0 fully saturated rings. The average Bonchev–Trinajstić information content (AvgIpc) is 1.61. The number of carbonyl (C=O) groups excluding carboxylic acids is 1. The van der Waals surface area contributed by atoms with Crippen molar-refractivity contribution in [1.82, 2.24) is 0 Å². The zero-order valence-corrected chi connectivity index (χ0v) is 7.49. The fourth-order valence-electron chi connectivity index (χ4n) is 0.0894. The summed E-state index contributed by atoms with van der Waals surface area (Å²) in [6, 6.07) is 0. The fraction of sp³-hybridized carbons (Fsp3) is 0.500. The SMILES string of the molecule is [K+].[N-]=[N+]=NCC(=O)[O-]. The summed E-state index contributed by atoms with van der Waals surface area (Å²) in [5, 5.41) is 12.1. The molecule has 0 heterocycles. The fourth-order valence-corrected chi connectivity index (χ4v) is 0.0894. The van der Waals surface area contributed by atoms with Gasteiger partial charge in [-0.2, -0.15) is 0 Å². The first kappa shape index (κ1) is 11.2. The van der Waals surface area contributed by atoms with E-state index >= 15 is 0 Å². The van der Waals surface area contributed by atoms with Gasteiger partial charge in [-0.1, -0.05) is 5.11 Å². The molecule has 0 amide bonds. The molecule has 0 bridgehead atoms. The Morgan fingerprint density at radius 2 is 2.38 bits per heavy atom. The molecule has 0 spiro atoms. The molecule has 0 rings (SSSR count). The Morgan fingerprint density at radius 1 is 1.88 bits per heavy atom. The largest absolute Gasteiger partial charge is 1.00 e. The van der Waals surface area contributed by atoms with Gasteiger partial charge in [-0.05, 0) is 5.53 Å². The number of aliphatic carboxylic acids is 1. The van der Waals surface area contributed by atoms with Crippen LogP contribution in [0.3, 0.4) is 0 Å². The summed E-state index contributed by atoms with van der Waals surface area (Å²) in [5.74, 6) is -1.36. The molecule has 0 saturated carbocycles. The second-order valence-electron chi connectivity index (χ2n) is 0.761. The first-order chi connectivity index (χ1) is 3.27. The summed E-state index contributed by atoms with van der Waals surface area (Å²) >= 11 is 0. The van der Waals surface area contributed by atoms with Crippen LogP contribution in [0, 0.1) is 0 Å². The Balaban J connectivity index is 0. The smallest absolute Gasteiger partial charge is 0.550 e. The quantitative estimate of drug-likeness (QED) is 0.169. The Hall–Kier alpha value is 0.416. The van der Waals surface area contributed by atoms with Crippen LogP contribution in [0.1, 0.15) is 0 Å². The van der Waals surface area contributed by atoms with E-state index in [0.29, 0.717) is 0 Å². The Kier molecular flexibility index (Phi) is 10.4. The van der Waals surface area contributed by atoms with Crippen molar-refractivity contribution in [2.45, 2.75) is 0 Å². The average molecular weight is 139 g/mol. The Labute approximate surface area is 88.1 Å². The molecule has 0 aromatic carbocycles. The molecule has 0 saturated heterocycles. The van der Waals surface area contributed by atoms with Crippen LogP contribution < -0.4 is 56.5 Å². The molecule has 8 heavy (non-hydrogen) atoms. The van der Waals surface area contributed by atoms with E-state index in [0.717, 1.165) is 0 Å². The predicted molar refractivity (Wildman–Crippen MR) is 19.0 cm³/mol. The molecule has 0 aromatic rings. The van der Waals surface area contributed by atoms with Crippen molar-refractivity contribution in [1.29, 1.82) is 0 Å². The van der Waals surface area contributed by atoms with E-state index in [4.69, 9.17) is 5.53 Å². The molecular formula is C2H2KN3O2. The zero-order valence-electron chi connectivity index (χ0n) is 4.37. The Bertz CT molecular complexity index is 118. The maximum Gasteiger partial charge on any atom is 1.00 e. The molecule has 6 heteroatoms. The van der Waals surface area contributed by atoms with Gasteiger partial charge in [-0.25, -0.2) is 0 Å². The first-order valence-corrected chi connectivity index (χ1v) is 1.48. The molecule has 38 valence electrons. The molecule has 0 N–H and O–H groups in total. The topological polar surface area (TPSA) is 88.9 Å². The molecule has 0 aliphatic heterocycles. The maximum atomic E-state index is 9.38. The van der Waals surface area contributed by atoms with Gasteiger partial charge in [0, 0.05) is 10.9 Å². The first-order valence-electron chi connectivity index (χ1n) is 1.48. The summed E-state index contributed by atoms with van der Waals surface area (Å²) in [4.78, 5) is 11.6. The molecular weight excluding hydrogens is 137 g/mol. The maximum absolute atomic E-state index is 9.38. The normalized spacial score (nSPS) is 6.00. The monoisotopic (exact) mass is 139 g/mol. The van der Waals surface area contributed by atoms with Gasteiger partial charge in [0.2, 0.25) is 0 Å². The van der Waals surface area contributed by atoms with E-state index in [2.05, 4.69) is 10.0 Å². The van der Waals surface area contributed by atoms with Crippen LogP contribution >= 0.6 is 0 Å². The third-order valence-corrected chi connectivity index (χ3v) is 0.263. The van der Waals surface area contributed by atoms with Crippen LogP contribution in [0.2, 0.25) is 0 Å². The van der Waals surface area contributed by atoms with Crippen LogP contribution in [0.5, 0.6) is 0 Å². The molecule has 0 atom stereocenters. The van der Waals surface area contributed by atoms with Crippen molar-refractivity contribution in [3.63, 3.8) is 0 Å². The number of azide groups is 1. The van der Waals surface area contributed by atoms with E-state index < -0.39 is 12.5 Å². The Morgan fingerprint density at radius 3 is 2.50 bits per heavy atom. The molecule has 0 aromatic heterocycles. The van der Waals surface area contributed by atoms with Crippen molar-refractivity contribution >= 4 is 5.97 Å². The van der Waals surface area contributed by atoms with Crippen molar-refractivity contribution in [3.8, 4) is 0 Å². The molecule has 0 aliphatic rings. The van der Waals surface area contributed by atoms with Crippen molar-refractivity contribution in [3.05, 3.63) is 10.4 Å². The number of hydrogen-bond donors (Lipinski definition) is 0. The van der Waals surface area contributed by atoms with E-state index in [9.17, 15) is 9.90 Å². The van der Waals surface area contributed by atoms with Crippen molar-refractivity contribution in [2.75, 3.05) is 6.54 Å². The number of carboxylic acids is 1. The molecule has 0 aliphatic carbocycles. The third kappa shape index (κ3) is 9.65. The van der Waals surface area contributed by atoms with E-state index in [1.54, 1.807) is 0 Å². The summed E-state index contributed by atoms with van der Waals surface area (Å²) < 4.78 is 0. The minimum Gasteiger partial charge on any atom is -0.550 e. The van der Waals surface area contributed by atoms with E-state index in [1.807, 2.05) is 0 Å². The van der Waals surface area contributed by atoms with E-state index in [1.165, 1.54) is 0 Å². The van der Waals surface area contributed by atoms with Crippen LogP contribution in [0.4, 0.5) is 0 Å². The standard InChI is InChI=1S/C2H3N3O2.K/c3-5-4-1-2(6)7;/h1H2,(H,6,7);/q;+1/p-1. The van der Waals surface area contributed by atoms with Gasteiger partial charge in [0.05, 0.1) is 6.54 Å². The number of carbonyl (C=O) groups is 1. The summed E-state index contributed by atoms with van der Waals surface area (Å²) in [6.07, 6.45) is 0. The van der Waals surface area contributed by atoms with Gasteiger partial charge in [-0.15, -0.1) is 0 Å². The van der Waals surface area contributed by atoms with Gasteiger partial charge in [0.1, 0.15) is 0 Å². The van der Waals surface area contributed by atoms with Gasteiger partial charge >= 0.3 is 51.4 Å². The van der Waals surface area contributed by atoms with Crippen molar-refractivity contribution in [2.24, 2.45) is 5.11 Å². The van der Waals surface area contributed by atoms with Crippen LogP contribution in [-0.2, 0) is 4.79 Å².